The van der Waals surface area contributed by atoms with Gasteiger partial charge >= 0.3 is 0 Å². The van der Waals surface area contributed by atoms with Gasteiger partial charge < -0.3 is 18.8 Å². The van der Waals surface area contributed by atoms with Gasteiger partial charge in [0, 0.05) is 41.9 Å². The number of nitrogens with zero attached hydrogens (tertiary/aromatic N) is 3. The molecule has 0 aliphatic rings. The number of methoxy groups -OCH3 is 3. The van der Waals surface area contributed by atoms with Crippen LogP contribution in [0.25, 0.3) is 22.6 Å². The first kappa shape index (κ1) is 30.2. The lowest BCUT2D eigenvalue weighted by Gasteiger charge is -2.26. The lowest BCUT2D eigenvalue weighted by atomic mass is 10.1. The summed E-state index contributed by atoms with van der Waals surface area (Å²) in [5.74, 6) is 3.60. The Morgan fingerprint density at radius 2 is 1.49 bits per heavy atom. The van der Waals surface area contributed by atoms with Gasteiger partial charge in [-0.3, -0.25) is 4.90 Å². The summed E-state index contributed by atoms with van der Waals surface area (Å²) in [5.41, 5.74) is 6.69. The lowest BCUT2D eigenvalue weighted by molar-refractivity contribution is 0.242. The van der Waals surface area contributed by atoms with Crippen molar-refractivity contribution >= 4 is 0 Å². The summed E-state index contributed by atoms with van der Waals surface area (Å²) >= 11 is 0. The van der Waals surface area contributed by atoms with E-state index in [1.54, 1.807) is 21.3 Å². The molecule has 6 nitrogen and oxygen atoms in total. The number of aromatic nitrogens is 2. The summed E-state index contributed by atoms with van der Waals surface area (Å²) in [4.78, 5) is 7.86. The van der Waals surface area contributed by atoms with Gasteiger partial charge in [0.05, 0.1) is 32.7 Å². The first-order chi connectivity index (χ1) is 20.0. The van der Waals surface area contributed by atoms with Crippen LogP contribution in [0, 0.1) is 6.92 Å². The van der Waals surface area contributed by atoms with Gasteiger partial charge in [-0.05, 0) is 56.6 Å². The molecule has 3 aromatic carbocycles. The molecule has 0 unspecified atom stereocenters. The summed E-state index contributed by atoms with van der Waals surface area (Å²) < 4.78 is 19.4. The van der Waals surface area contributed by atoms with E-state index in [1.807, 2.05) is 18.2 Å². The first-order valence-corrected chi connectivity index (χ1v) is 14.8. The lowest BCUT2D eigenvalue weighted by Crippen LogP contribution is -2.26. The van der Waals surface area contributed by atoms with E-state index in [0.29, 0.717) is 0 Å². The zero-order valence-corrected chi connectivity index (χ0v) is 25.6. The number of benzene rings is 3. The Balaban J connectivity index is 1.83. The first-order valence-electron chi connectivity index (χ1n) is 14.8. The Kier molecular flexibility index (Phi) is 10.9. The van der Waals surface area contributed by atoms with Crippen LogP contribution in [0.3, 0.4) is 0 Å². The molecule has 4 rings (SSSR count). The number of rotatable bonds is 15. The van der Waals surface area contributed by atoms with E-state index in [2.05, 4.69) is 78.8 Å². The van der Waals surface area contributed by atoms with Crippen LogP contribution in [-0.2, 0) is 19.6 Å². The fraction of sp³-hybridized carbons (Fsp3) is 0.400. The molecule has 4 aromatic rings. The van der Waals surface area contributed by atoms with E-state index in [-0.39, 0.29) is 0 Å². The summed E-state index contributed by atoms with van der Waals surface area (Å²) in [6, 6.07) is 23.0. The molecule has 0 aliphatic heterocycles. The second-order valence-corrected chi connectivity index (χ2v) is 10.5. The highest BCUT2D eigenvalue weighted by atomic mass is 16.5. The van der Waals surface area contributed by atoms with Gasteiger partial charge in [0.1, 0.15) is 23.1 Å². The average molecular weight is 556 g/mol. The highest BCUT2D eigenvalue weighted by Gasteiger charge is 2.23. The van der Waals surface area contributed by atoms with Crippen molar-refractivity contribution < 1.29 is 14.2 Å². The van der Waals surface area contributed by atoms with Crippen molar-refractivity contribution in [2.75, 3.05) is 27.9 Å². The van der Waals surface area contributed by atoms with Crippen molar-refractivity contribution in [3.05, 3.63) is 83.6 Å². The van der Waals surface area contributed by atoms with Crippen LogP contribution in [0.15, 0.2) is 66.7 Å². The van der Waals surface area contributed by atoms with Crippen molar-refractivity contribution in [2.45, 2.75) is 66.1 Å². The highest BCUT2D eigenvalue weighted by molar-refractivity contribution is 5.69. The smallest absolute Gasteiger partial charge is 0.140 e. The van der Waals surface area contributed by atoms with Crippen LogP contribution < -0.4 is 14.2 Å². The van der Waals surface area contributed by atoms with Crippen molar-refractivity contribution in [3.8, 4) is 39.9 Å². The van der Waals surface area contributed by atoms with Crippen LogP contribution in [0.2, 0.25) is 0 Å². The molecule has 0 fully saturated rings. The molecule has 41 heavy (non-hydrogen) atoms. The number of ether oxygens (including phenoxy) is 3. The number of hydrogen-bond acceptors (Lipinski definition) is 5. The molecule has 0 saturated heterocycles. The SMILES string of the molecule is CCCCN(Cc1ccc(OC)c(C)c1OC)Cc1c(-c2ccc(OC)cc2)nc(-c2ccccc2)n1CCCC. The summed E-state index contributed by atoms with van der Waals surface area (Å²) in [6.07, 6.45) is 4.45. The van der Waals surface area contributed by atoms with Gasteiger partial charge in [0.2, 0.25) is 0 Å². The van der Waals surface area contributed by atoms with Crippen molar-refractivity contribution in [2.24, 2.45) is 0 Å². The van der Waals surface area contributed by atoms with Crippen LogP contribution >= 0.6 is 0 Å². The topological polar surface area (TPSA) is 48.8 Å². The molecular weight excluding hydrogens is 510 g/mol. The molecule has 0 bridgehead atoms. The Morgan fingerprint density at radius 1 is 0.756 bits per heavy atom. The van der Waals surface area contributed by atoms with Gasteiger partial charge in [0.25, 0.3) is 0 Å². The molecule has 0 saturated carbocycles. The summed E-state index contributed by atoms with van der Waals surface area (Å²) in [6.45, 7) is 10.0. The summed E-state index contributed by atoms with van der Waals surface area (Å²) in [7, 11) is 5.15. The average Bonchev–Trinajstić information content (AvgIpc) is 3.37. The maximum atomic E-state index is 5.89. The molecule has 0 spiro atoms. The fourth-order valence-corrected chi connectivity index (χ4v) is 5.40. The van der Waals surface area contributed by atoms with Gasteiger partial charge in [-0.2, -0.15) is 0 Å². The van der Waals surface area contributed by atoms with Gasteiger partial charge in [-0.25, -0.2) is 4.98 Å². The van der Waals surface area contributed by atoms with Gasteiger partial charge in [0.15, 0.2) is 0 Å². The minimum absolute atomic E-state index is 0.774. The number of imidazole rings is 1. The minimum Gasteiger partial charge on any atom is -0.497 e. The van der Waals surface area contributed by atoms with E-state index >= 15 is 0 Å². The molecule has 1 aromatic heterocycles. The fourth-order valence-electron chi connectivity index (χ4n) is 5.40. The second kappa shape index (κ2) is 14.7. The van der Waals surface area contributed by atoms with E-state index < -0.39 is 0 Å². The number of unbranched alkanes of at least 4 members (excludes halogenated alkanes) is 2. The predicted octanol–water partition coefficient (Wildman–Crippen LogP) is 8.15. The normalized spacial score (nSPS) is 11.2. The zero-order chi connectivity index (χ0) is 29.2. The molecule has 6 heteroatoms. The quantitative estimate of drug-likeness (QED) is 0.148. The highest BCUT2D eigenvalue weighted by Crippen LogP contribution is 2.35. The van der Waals surface area contributed by atoms with Crippen LogP contribution in [0.4, 0.5) is 0 Å². The minimum atomic E-state index is 0.774. The molecule has 1 heterocycles. The van der Waals surface area contributed by atoms with E-state index in [0.717, 1.165) is 103 Å². The maximum Gasteiger partial charge on any atom is 0.140 e. The van der Waals surface area contributed by atoms with Crippen LogP contribution in [-0.4, -0.2) is 42.3 Å². The standard InChI is InChI=1S/C35H45N3O3/c1-7-9-22-37(24-29-18-21-32(40-5)26(3)34(29)41-6)25-31-33(27-16-19-30(39-4)20-17-27)36-35(38(31)23-10-8-2)28-14-12-11-13-15-28/h11-21H,7-10,22-25H2,1-6H3. The van der Waals surface area contributed by atoms with E-state index in [4.69, 9.17) is 19.2 Å². The Hall–Kier alpha value is -3.77. The Morgan fingerprint density at radius 3 is 2.12 bits per heavy atom. The molecular formula is C35H45N3O3. The monoisotopic (exact) mass is 555 g/mol. The molecule has 0 N–H and O–H groups in total. The van der Waals surface area contributed by atoms with E-state index in [1.165, 1.54) is 5.69 Å². The van der Waals surface area contributed by atoms with E-state index in [9.17, 15) is 0 Å². The van der Waals surface area contributed by atoms with Crippen LogP contribution in [0.5, 0.6) is 17.2 Å². The molecule has 0 radical (unpaired) electrons. The Bertz CT molecular complexity index is 1380. The van der Waals surface area contributed by atoms with Gasteiger partial charge in [-0.15, -0.1) is 0 Å². The third-order valence-corrected chi connectivity index (χ3v) is 7.66. The van der Waals surface area contributed by atoms with Crippen molar-refractivity contribution in [1.29, 1.82) is 0 Å². The third-order valence-electron chi connectivity index (χ3n) is 7.66. The predicted molar refractivity (Wildman–Crippen MR) is 168 cm³/mol. The zero-order valence-electron chi connectivity index (χ0n) is 25.6. The largest absolute Gasteiger partial charge is 0.497 e. The third kappa shape index (κ3) is 7.12. The van der Waals surface area contributed by atoms with Crippen LogP contribution in [0.1, 0.15) is 56.4 Å². The van der Waals surface area contributed by atoms with Gasteiger partial charge in [-0.1, -0.05) is 63.1 Å². The maximum absolute atomic E-state index is 5.89. The second-order valence-electron chi connectivity index (χ2n) is 10.5. The molecule has 0 amide bonds. The van der Waals surface area contributed by atoms with Crippen molar-refractivity contribution in [3.63, 3.8) is 0 Å². The summed E-state index contributed by atoms with van der Waals surface area (Å²) in [5, 5.41) is 0. The number of hydrogen-bond donors (Lipinski definition) is 0. The van der Waals surface area contributed by atoms with Crippen molar-refractivity contribution in [1.82, 2.24) is 14.5 Å². The Labute approximate surface area is 245 Å². The molecule has 218 valence electrons. The molecule has 0 atom stereocenters. The molecule has 0 aliphatic carbocycles.